The lowest BCUT2D eigenvalue weighted by Crippen LogP contribution is -2.21. The summed E-state index contributed by atoms with van der Waals surface area (Å²) in [5.74, 6) is 0.526. The number of carbonyl (C=O) groups is 1. The Kier molecular flexibility index (Phi) is 4.70. The Hall–Kier alpha value is -1.08. The van der Waals surface area contributed by atoms with Crippen LogP contribution in [0.4, 0.5) is 13.2 Å². The number of hydrogen-bond donors (Lipinski definition) is 0. The van der Waals surface area contributed by atoms with Crippen molar-refractivity contribution in [1.82, 2.24) is 0 Å². The number of allylic oxidation sites excluding steroid dienone is 1. The van der Waals surface area contributed by atoms with Gasteiger partial charge < -0.3 is 4.74 Å². The van der Waals surface area contributed by atoms with Crippen molar-refractivity contribution < 1.29 is 22.7 Å². The molecule has 0 unspecified atom stereocenters. The number of thioether (sulfide) groups is 2. The predicted molar refractivity (Wildman–Crippen MR) is 75.3 cm³/mol. The molecular weight excluding hydrogens is 309 g/mol. The van der Waals surface area contributed by atoms with Gasteiger partial charge in [0.15, 0.2) is 5.78 Å². The van der Waals surface area contributed by atoms with Gasteiger partial charge in [-0.3, -0.25) is 4.79 Å². The fourth-order valence-electron chi connectivity index (χ4n) is 1.70. The van der Waals surface area contributed by atoms with Crippen molar-refractivity contribution in [2.45, 2.75) is 6.18 Å². The van der Waals surface area contributed by atoms with Crippen LogP contribution in [0.2, 0.25) is 0 Å². The second-order valence-electron chi connectivity index (χ2n) is 3.92. The monoisotopic (exact) mass is 320 g/mol. The highest BCUT2D eigenvalue weighted by Gasteiger charge is 2.42. The lowest BCUT2D eigenvalue weighted by atomic mass is 10.0. The number of rotatable bonds is 3. The van der Waals surface area contributed by atoms with Gasteiger partial charge in [-0.1, -0.05) is 12.1 Å². The zero-order valence-electron chi connectivity index (χ0n) is 10.5. The Bertz CT molecular complexity index is 545. The molecule has 1 aliphatic rings. The van der Waals surface area contributed by atoms with Crippen LogP contribution >= 0.6 is 23.5 Å². The van der Waals surface area contributed by atoms with E-state index < -0.39 is 17.5 Å². The lowest BCUT2D eigenvalue weighted by molar-refractivity contribution is -0.0887. The number of alkyl halides is 3. The van der Waals surface area contributed by atoms with Crippen LogP contribution < -0.4 is 4.74 Å². The van der Waals surface area contributed by atoms with Gasteiger partial charge in [0.1, 0.15) is 11.3 Å². The first-order valence-electron chi connectivity index (χ1n) is 5.69. The van der Waals surface area contributed by atoms with Crippen LogP contribution in [-0.4, -0.2) is 30.6 Å². The number of carbonyl (C=O) groups excluding carboxylic acids is 1. The van der Waals surface area contributed by atoms with E-state index in [0.717, 1.165) is 23.5 Å². The molecule has 1 aromatic carbocycles. The zero-order chi connectivity index (χ0) is 14.8. The highest BCUT2D eigenvalue weighted by atomic mass is 32.2. The molecule has 1 aliphatic heterocycles. The van der Waals surface area contributed by atoms with E-state index in [2.05, 4.69) is 0 Å². The van der Waals surface area contributed by atoms with E-state index in [4.69, 9.17) is 4.74 Å². The minimum absolute atomic E-state index is 0.0164. The van der Waals surface area contributed by atoms with Crippen LogP contribution in [0.5, 0.6) is 5.75 Å². The Morgan fingerprint density at radius 2 is 1.90 bits per heavy atom. The summed E-state index contributed by atoms with van der Waals surface area (Å²) in [6.45, 7) is 0. The van der Waals surface area contributed by atoms with Gasteiger partial charge >= 0.3 is 6.18 Å². The summed E-state index contributed by atoms with van der Waals surface area (Å²) in [5, 5.41) is 0. The standard InChI is InChI=1S/C13H11F3O2S2/c1-18-9-4-2-3-8(7-9)11(17)10(13(14,15)16)12-19-5-6-20-12/h2-4,7H,5-6H2,1H3. The molecule has 108 valence electrons. The van der Waals surface area contributed by atoms with Crippen LogP contribution in [0, 0.1) is 0 Å². The normalized spacial score (nSPS) is 15.3. The van der Waals surface area contributed by atoms with Crippen molar-refractivity contribution in [3.05, 3.63) is 39.6 Å². The van der Waals surface area contributed by atoms with Gasteiger partial charge in [-0.15, -0.1) is 23.5 Å². The van der Waals surface area contributed by atoms with E-state index in [1.807, 2.05) is 0 Å². The Labute approximate surface area is 122 Å². The first-order valence-corrected chi connectivity index (χ1v) is 7.66. The summed E-state index contributed by atoms with van der Waals surface area (Å²) in [5.41, 5.74) is -1.09. The summed E-state index contributed by atoms with van der Waals surface area (Å²) in [4.78, 5) is 12.2. The summed E-state index contributed by atoms with van der Waals surface area (Å²) in [6.07, 6.45) is -4.65. The molecule has 7 heteroatoms. The maximum absolute atomic E-state index is 13.2. The Morgan fingerprint density at radius 3 is 2.45 bits per heavy atom. The third-order valence-electron chi connectivity index (χ3n) is 2.60. The van der Waals surface area contributed by atoms with E-state index >= 15 is 0 Å². The molecule has 0 bridgehead atoms. The van der Waals surface area contributed by atoms with Crippen LogP contribution in [0.3, 0.4) is 0 Å². The van der Waals surface area contributed by atoms with E-state index in [-0.39, 0.29) is 9.80 Å². The highest BCUT2D eigenvalue weighted by Crippen LogP contribution is 2.44. The molecule has 20 heavy (non-hydrogen) atoms. The third kappa shape index (κ3) is 3.32. The SMILES string of the molecule is COc1cccc(C(=O)C(=C2SCCS2)C(F)(F)F)c1. The van der Waals surface area contributed by atoms with Gasteiger partial charge in [-0.25, -0.2) is 0 Å². The summed E-state index contributed by atoms with van der Waals surface area (Å²) in [6, 6.07) is 5.76. The molecule has 2 nitrogen and oxygen atoms in total. The van der Waals surface area contributed by atoms with Gasteiger partial charge in [-0.05, 0) is 12.1 Å². The van der Waals surface area contributed by atoms with Crippen molar-refractivity contribution in [3.63, 3.8) is 0 Å². The maximum Gasteiger partial charge on any atom is 0.421 e. The van der Waals surface area contributed by atoms with E-state index in [9.17, 15) is 18.0 Å². The van der Waals surface area contributed by atoms with E-state index in [1.165, 1.54) is 25.3 Å². The molecule has 0 spiro atoms. The number of ketones is 1. The molecule has 0 N–H and O–H groups in total. The van der Waals surface area contributed by atoms with Crippen molar-refractivity contribution >= 4 is 29.3 Å². The quantitative estimate of drug-likeness (QED) is 0.618. The number of halogens is 3. The third-order valence-corrected chi connectivity index (χ3v) is 5.31. The summed E-state index contributed by atoms with van der Waals surface area (Å²) < 4.78 is 44.5. The molecule has 0 aromatic heterocycles. The highest BCUT2D eigenvalue weighted by molar-refractivity contribution is 8.25. The smallest absolute Gasteiger partial charge is 0.421 e. The van der Waals surface area contributed by atoms with Gasteiger partial charge in [0.05, 0.1) is 11.3 Å². The average Bonchev–Trinajstić information content (AvgIpc) is 2.91. The van der Waals surface area contributed by atoms with Crippen LogP contribution in [0.25, 0.3) is 0 Å². The van der Waals surface area contributed by atoms with Crippen molar-refractivity contribution in [3.8, 4) is 5.75 Å². The molecule has 1 aromatic rings. The molecule has 0 amide bonds. The van der Waals surface area contributed by atoms with Gasteiger partial charge in [0.25, 0.3) is 0 Å². The molecule has 1 fully saturated rings. The largest absolute Gasteiger partial charge is 0.497 e. The van der Waals surface area contributed by atoms with Gasteiger partial charge in [-0.2, -0.15) is 13.2 Å². The molecule has 0 radical (unpaired) electrons. The molecule has 1 heterocycles. The minimum Gasteiger partial charge on any atom is -0.497 e. The molecular formula is C13H11F3O2S2. The first kappa shape index (κ1) is 15.3. The van der Waals surface area contributed by atoms with Crippen molar-refractivity contribution in [2.75, 3.05) is 18.6 Å². The fraction of sp³-hybridized carbons (Fsp3) is 0.308. The molecule has 0 aliphatic carbocycles. The average molecular weight is 320 g/mol. The second kappa shape index (κ2) is 6.13. The minimum atomic E-state index is -4.65. The lowest BCUT2D eigenvalue weighted by Gasteiger charge is -2.13. The maximum atomic E-state index is 13.2. The van der Waals surface area contributed by atoms with Gasteiger partial charge in [0, 0.05) is 17.1 Å². The Morgan fingerprint density at radius 1 is 1.25 bits per heavy atom. The van der Waals surface area contributed by atoms with Crippen molar-refractivity contribution in [2.24, 2.45) is 0 Å². The zero-order valence-corrected chi connectivity index (χ0v) is 12.1. The Balaban J connectivity index is 2.44. The van der Waals surface area contributed by atoms with Crippen LogP contribution in [-0.2, 0) is 0 Å². The number of ether oxygens (including phenoxy) is 1. The van der Waals surface area contributed by atoms with E-state index in [1.54, 1.807) is 6.07 Å². The number of benzene rings is 1. The van der Waals surface area contributed by atoms with Crippen LogP contribution in [0.1, 0.15) is 10.4 Å². The fourth-order valence-corrected chi connectivity index (χ4v) is 4.28. The second-order valence-corrected chi connectivity index (χ2v) is 6.39. The van der Waals surface area contributed by atoms with Gasteiger partial charge in [0.2, 0.25) is 0 Å². The molecule has 0 atom stereocenters. The number of hydrogen-bond acceptors (Lipinski definition) is 4. The first-order chi connectivity index (χ1) is 9.43. The molecule has 0 saturated carbocycles. The number of methoxy groups -OCH3 is 1. The van der Waals surface area contributed by atoms with Crippen LogP contribution in [0.15, 0.2) is 34.1 Å². The van der Waals surface area contributed by atoms with Crippen molar-refractivity contribution in [1.29, 1.82) is 0 Å². The predicted octanol–water partition coefficient (Wildman–Crippen LogP) is 4.13. The molecule has 1 saturated heterocycles. The summed E-state index contributed by atoms with van der Waals surface area (Å²) >= 11 is 2.16. The van der Waals surface area contributed by atoms with E-state index in [0.29, 0.717) is 17.3 Å². The number of Topliss-reactive ketones (excluding diaryl/α,β-unsaturated/α-hetero) is 1. The summed E-state index contributed by atoms with van der Waals surface area (Å²) in [7, 11) is 1.40. The molecule has 2 rings (SSSR count). The topological polar surface area (TPSA) is 26.3 Å².